The Morgan fingerprint density at radius 3 is 2.15 bits per heavy atom. The molecule has 0 bridgehead atoms. The highest BCUT2D eigenvalue weighted by atomic mass is 32.2. The summed E-state index contributed by atoms with van der Waals surface area (Å²) in [6.07, 6.45) is 0. The molecule has 106 valence electrons. The van der Waals surface area contributed by atoms with Crippen LogP contribution in [0.3, 0.4) is 0 Å². The first-order valence-electron chi connectivity index (χ1n) is 5.32. The summed E-state index contributed by atoms with van der Waals surface area (Å²) in [5.74, 6) is -1.88. The second kappa shape index (κ2) is 5.06. The molecule has 0 fully saturated rings. The lowest BCUT2D eigenvalue weighted by molar-refractivity contribution is 0.468. The van der Waals surface area contributed by atoms with Crippen LogP contribution < -0.4 is 15.6 Å². The Kier molecular flexibility index (Phi) is 3.60. The molecule has 0 aliphatic rings. The predicted molar refractivity (Wildman–Crippen MR) is 68.7 cm³/mol. The molecule has 8 heteroatoms. The number of anilines is 1. The number of rotatable bonds is 3. The maximum atomic E-state index is 13.0. The maximum absolute atomic E-state index is 13.0. The lowest BCUT2D eigenvalue weighted by atomic mass is 10.3. The summed E-state index contributed by atoms with van der Waals surface area (Å²) in [6.45, 7) is 0. The second-order valence-electron chi connectivity index (χ2n) is 3.95. The summed E-state index contributed by atoms with van der Waals surface area (Å²) in [4.78, 5) is -0.224. The minimum absolute atomic E-state index is 0.0680. The topological polar surface area (TPSA) is 95.4 Å². The Morgan fingerprint density at radius 1 is 1.00 bits per heavy atom. The van der Waals surface area contributed by atoms with Gasteiger partial charge in [-0.1, -0.05) is 0 Å². The molecule has 2 rings (SSSR count). The molecule has 0 spiro atoms. The van der Waals surface area contributed by atoms with E-state index in [-0.39, 0.29) is 22.1 Å². The van der Waals surface area contributed by atoms with Crippen molar-refractivity contribution in [2.75, 3.05) is 5.73 Å². The van der Waals surface area contributed by atoms with Gasteiger partial charge in [-0.2, -0.15) is 0 Å². The molecular weight excluding hydrogens is 290 g/mol. The Balaban J connectivity index is 2.42. The fourth-order valence-corrected chi connectivity index (χ4v) is 2.02. The maximum Gasteiger partial charge on any atom is 0.238 e. The van der Waals surface area contributed by atoms with Gasteiger partial charge in [0.05, 0.1) is 10.6 Å². The Morgan fingerprint density at radius 2 is 1.60 bits per heavy atom. The van der Waals surface area contributed by atoms with E-state index in [0.29, 0.717) is 6.07 Å². The monoisotopic (exact) mass is 300 g/mol. The molecule has 2 aromatic rings. The number of halogens is 2. The van der Waals surface area contributed by atoms with Crippen LogP contribution in [0, 0.1) is 11.6 Å². The largest absolute Gasteiger partial charge is 0.455 e. The zero-order valence-corrected chi connectivity index (χ0v) is 10.8. The van der Waals surface area contributed by atoms with Gasteiger partial charge in [0.2, 0.25) is 10.0 Å². The van der Waals surface area contributed by atoms with Crippen LogP contribution in [0.2, 0.25) is 0 Å². The minimum Gasteiger partial charge on any atom is -0.455 e. The summed E-state index contributed by atoms with van der Waals surface area (Å²) in [5.41, 5.74) is 5.71. The van der Waals surface area contributed by atoms with Crippen LogP contribution in [-0.4, -0.2) is 8.42 Å². The third kappa shape index (κ3) is 3.22. The van der Waals surface area contributed by atoms with E-state index >= 15 is 0 Å². The smallest absolute Gasteiger partial charge is 0.238 e. The van der Waals surface area contributed by atoms with Crippen molar-refractivity contribution in [3.63, 3.8) is 0 Å². The number of benzene rings is 2. The van der Waals surface area contributed by atoms with Gasteiger partial charge < -0.3 is 10.5 Å². The fourth-order valence-electron chi connectivity index (χ4n) is 1.49. The predicted octanol–water partition coefficient (Wildman–Crippen LogP) is 1.99. The Labute approximate surface area is 113 Å². The van der Waals surface area contributed by atoms with Crippen molar-refractivity contribution in [3.05, 3.63) is 48.0 Å². The number of nitrogen functional groups attached to an aromatic ring is 1. The number of ether oxygens (including phenoxy) is 1. The molecule has 0 amide bonds. The standard InChI is InChI=1S/C12H10F2N2O3S/c13-7-3-8(14)5-9(4-7)19-12-6-10(20(16,17)18)1-2-11(12)15/h1-6H,15H2,(H2,16,17,18). The molecule has 0 atom stereocenters. The van der Waals surface area contributed by atoms with Crippen molar-refractivity contribution in [3.8, 4) is 11.5 Å². The van der Waals surface area contributed by atoms with Gasteiger partial charge in [0.25, 0.3) is 0 Å². The van der Waals surface area contributed by atoms with Crippen LogP contribution >= 0.6 is 0 Å². The third-order valence-corrected chi connectivity index (χ3v) is 3.29. The summed E-state index contributed by atoms with van der Waals surface area (Å²) >= 11 is 0. The molecule has 0 aliphatic carbocycles. The van der Waals surface area contributed by atoms with E-state index < -0.39 is 21.7 Å². The first-order chi connectivity index (χ1) is 9.25. The minimum atomic E-state index is -3.93. The van der Waals surface area contributed by atoms with E-state index in [1.54, 1.807) is 0 Å². The number of sulfonamides is 1. The molecule has 5 nitrogen and oxygen atoms in total. The van der Waals surface area contributed by atoms with Crippen molar-refractivity contribution in [2.24, 2.45) is 5.14 Å². The van der Waals surface area contributed by atoms with Gasteiger partial charge in [-0.25, -0.2) is 22.3 Å². The summed E-state index contributed by atoms with van der Waals surface area (Å²) in [6, 6.07) is 6.09. The molecule has 20 heavy (non-hydrogen) atoms. The van der Waals surface area contributed by atoms with Crippen molar-refractivity contribution in [1.29, 1.82) is 0 Å². The number of primary sulfonamides is 1. The van der Waals surface area contributed by atoms with Crippen molar-refractivity contribution < 1.29 is 21.9 Å². The highest BCUT2D eigenvalue weighted by Crippen LogP contribution is 2.30. The average molecular weight is 300 g/mol. The van der Waals surface area contributed by atoms with Crippen molar-refractivity contribution in [2.45, 2.75) is 4.90 Å². The van der Waals surface area contributed by atoms with E-state index in [1.165, 1.54) is 12.1 Å². The van der Waals surface area contributed by atoms with Crippen LogP contribution in [0.4, 0.5) is 14.5 Å². The Hall–Kier alpha value is -2.19. The van der Waals surface area contributed by atoms with Crippen LogP contribution in [0.5, 0.6) is 11.5 Å². The quantitative estimate of drug-likeness (QED) is 0.847. The number of hydrogen-bond donors (Lipinski definition) is 2. The molecule has 0 saturated heterocycles. The average Bonchev–Trinajstić information content (AvgIpc) is 2.29. The van der Waals surface area contributed by atoms with Gasteiger partial charge in [-0.3, -0.25) is 0 Å². The lowest BCUT2D eigenvalue weighted by Crippen LogP contribution is -2.12. The normalized spacial score (nSPS) is 11.3. The number of nitrogens with two attached hydrogens (primary N) is 2. The van der Waals surface area contributed by atoms with E-state index in [4.69, 9.17) is 15.6 Å². The first kappa shape index (κ1) is 14.2. The van der Waals surface area contributed by atoms with E-state index in [9.17, 15) is 17.2 Å². The fraction of sp³-hybridized carbons (Fsp3) is 0. The van der Waals surface area contributed by atoms with Crippen LogP contribution in [-0.2, 0) is 10.0 Å². The molecule has 2 aromatic carbocycles. The van der Waals surface area contributed by atoms with Gasteiger partial charge in [-0.15, -0.1) is 0 Å². The molecule has 0 aliphatic heterocycles. The van der Waals surface area contributed by atoms with Gasteiger partial charge in [0, 0.05) is 24.3 Å². The highest BCUT2D eigenvalue weighted by Gasteiger charge is 2.12. The van der Waals surface area contributed by atoms with E-state index in [0.717, 1.165) is 18.2 Å². The molecule has 0 unspecified atom stereocenters. The van der Waals surface area contributed by atoms with E-state index in [2.05, 4.69) is 0 Å². The van der Waals surface area contributed by atoms with Gasteiger partial charge >= 0.3 is 0 Å². The summed E-state index contributed by atoms with van der Waals surface area (Å²) < 4.78 is 53.7. The van der Waals surface area contributed by atoms with Crippen molar-refractivity contribution in [1.82, 2.24) is 0 Å². The third-order valence-electron chi connectivity index (χ3n) is 2.38. The van der Waals surface area contributed by atoms with Gasteiger partial charge in [-0.05, 0) is 12.1 Å². The molecule has 0 radical (unpaired) electrons. The van der Waals surface area contributed by atoms with Gasteiger partial charge in [0.15, 0.2) is 5.75 Å². The zero-order valence-electron chi connectivity index (χ0n) is 10.0. The lowest BCUT2D eigenvalue weighted by Gasteiger charge is -2.10. The van der Waals surface area contributed by atoms with Crippen LogP contribution in [0.15, 0.2) is 41.3 Å². The van der Waals surface area contributed by atoms with E-state index in [1.807, 2.05) is 0 Å². The van der Waals surface area contributed by atoms with Crippen molar-refractivity contribution >= 4 is 15.7 Å². The molecule has 0 saturated carbocycles. The molecule has 4 N–H and O–H groups in total. The zero-order chi connectivity index (χ0) is 14.9. The van der Waals surface area contributed by atoms with Crippen LogP contribution in [0.1, 0.15) is 0 Å². The highest BCUT2D eigenvalue weighted by molar-refractivity contribution is 7.89. The second-order valence-corrected chi connectivity index (χ2v) is 5.51. The summed E-state index contributed by atoms with van der Waals surface area (Å²) in [5, 5.41) is 4.97. The first-order valence-corrected chi connectivity index (χ1v) is 6.86. The van der Waals surface area contributed by atoms with Crippen LogP contribution in [0.25, 0.3) is 0 Å². The molecule has 0 heterocycles. The summed E-state index contributed by atoms with van der Waals surface area (Å²) in [7, 11) is -3.93. The number of hydrogen-bond acceptors (Lipinski definition) is 4. The van der Waals surface area contributed by atoms with Gasteiger partial charge in [0.1, 0.15) is 17.4 Å². The Bertz CT molecular complexity index is 743. The molecule has 0 aromatic heterocycles. The molecular formula is C12H10F2N2O3S. The SMILES string of the molecule is Nc1ccc(S(N)(=O)=O)cc1Oc1cc(F)cc(F)c1.